The zero-order valence-corrected chi connectivity index (χ0v) is 17.5. The second-order valence-corrected chi connectivity index (χ2v) is 8.64. The van der Waals surface area contributed by atoms with Gasteiger partial charge in [-0.1, -0.05) is 19.3 Å². The van der Waals surface area contributed by atoms with E-state index in [0.717, 1.165) is 50.9 Å². The summed E-state index contributed by atoms with van der Waals surface area (Å²) in [6.07, 6.45) is 9.15. The number of benzene rings is 1. The molecule has 2 aliphatic carbocycles. The third kappa shape index (κ3) is 4.36. The van der Waals surface area contributed by atoms with Crippen LogP contribution >= 0.6 is 12.4 Å². The zero-order valence-electron chi connectivity index (χ0n) is 16.7. The molecule has 2 N–H and O–H groups in total. The molecule has 1 aromatic carbocycles. The van der Waals surface area contributed by atoms with E-state index < -0.39 is 0 Å². The van der Waals surface area contributed by atoms with E-state index in [2.05, 4.69) is 10.6 Å². The summed E-state index contributed by atoms with van der Waals surface area (Å²) in [5.74, 6) is 0.365. The third-order valence-corrected chi connectivity index (χ3v) is 6.95. The molecule has 6 heteroatoms. The number of hydrogen-bond donors (Lipinski definition) is 2. The van der Waals surface area contributed by atoms with Crippen molar-refractivity contribution < 1.29 is 9.59 Å². The van der Waals surface area contributed by atoms with E-state index >= 15 is 0 Å². The van der Waals surface area contributed by atoms with Crippen LogP contribution in [-0.4, -0.2) is 42.9 Å². The fraction of sp³-hybridized carbons (Fsp3) is 0.636. The number of amides is 2. The first kappa shape index (κ1) is 21.1. The zero-order chi connectivity index (χ0) is 18.9. The summed E-state index contributed by atoms with van der Waals surface area (Å²) in [5, 5.41) is 6.42. The van der Waals surface area contributed by atoms with Crippen LogP contribution in [0.25, 0.3) is 0 Å². The van der Waals surface area contributed by atoms with Gasteiger partial charge in [0, 0.05) is 30.3 Å². The molecule has 1 aromatic rings. The molecule has 1 aliphatic heterocycles. The van der Waals surface area contributed by atoms with Crippen molar-refractivity contribution in [3.63, 3.8) is 0 Å². The molecule has 5 nitrogen and oxygen atoms in total. The highest BCUT2D eigenvalue weighted by molar-refractivity contribution is 5.97. The van der Waals surface area contributed by atoms with E-state index in [0.29, 0.717) is 11.6 Å². The van der Waals surface area contributed by atoms with Crippen molar-refractivity contribution in [3.05, 3.63) is 29.8 Å². The average molecular weight is 406 g/mol. The van der Waals surface area contributed by atoms with Crippen molar-refractivity contribution in [2.45, 2.75) is 57.4 Å². The highest BCUT2D eigenvalue weighted by Gasteiger charge is 2.57. The average Bonchev–Trinajstić information content (AvgIpc) is 3.41. The van der Waals surface area contributed by atoms with Gasteiger partial charge in [-0.25, -0.2) is 0 Å². The second kappa shape index (κ2) is 8.83. The van der Waals surface area contributed by atoms with Gasteiger partial charge in [0.2, 0.25) is 5.91 Å². The van der Waals surface area contributed by atoms with Gasteiger partial charge in [0.05, 0.1) is 0 Å². The van der Waals surface area contributed by atoms with Crippen LogP contribution in [-0.2, 0) is 4.79 Å². The molecular formula is C22H32ClN3O2. The van der Waals surface area contributed by atoms with Crippen LogP contribution < -0.4 is 10.6 Å². The summed E-state index contributed by atoms with van der Waals surface area (Å²) >= 11 is 0. The second-order valence-electron chi connectivity index (χ2n) is 8.64. The van der Waals surface area contributed by atoms with E-state index in [-0.39, 0.29) is 35.6 Å². The van der Waals surface area contributed by atoms with Gasteiger partial charge in [-0.2, -0.15) is 0 Å². The minimum atomic E-state index is 0. The number of nitrogens with one attached hydrogen (secondary N) is 2. The minimum absolute atomic E-state index is 0. The first-order valence-corrected chi connectivity index (χ1v) is 10.5. The van der Waals surface area contributed by atoms with Crippen LogP contribution in [0.4, 0.5) is 5.69 Å². The normalized spacial score (nSPS) is 23.5. The Balaban J connectivity index is 0.00000225. The molecule has 2 amide bonds. The van der Waals surface area contributed by atoms with Crippen molar-refractivity contribution in [3.8, 4) is 0 Å². The number of nitrogens with zero attached hydrogens (tertiary/aromatic N) is 1. The molecule has 0 bridgehead atoms. The summed E-state index contributed by atoms with van der Waals surface area (Å²) in [6.45, 7) is 2.05. The Bertz CT molecular complexity index is 694. The summed E-state index contributed by atoms with van der Waals surface area (Å²) in [7, 11) is 1.92. The number of rotatable bonds is 4. The van der Waals surface area contributed by atoms with Crippen molar-refractivity contribution in [2.24, 2.45) is 11.3 Å². The first-order valence-electron chi connectivity index (χ1n) is 10.5. The Hall–Kier alpha value is -1.59. The SMILES string of the molecule is CN(C(=O)c1ccc(NC(=O)C2CC23CCNCC3)cc1)C1CCCCC1.Cl. The highest BCUT2D eigenvalue weighted by atomic mass is 35.5. The fourth-order valence-corrected chi connectivity index (χ4v) is 4.96. The van der Waals surface area contributed by atoms with E-state index in [1.54, 1.807) is 0 Å². The lowest BCUT2D eigenvalue weighted by Crippen LogP contribution is -2.38. The molecule has 3 aliphatic rings. The van der Waals surface area contributed by atoms with E-state index in [1.807, 2.05) is 36.2 Å². The lowest BCUT2D eigenvalue weighted by atomic mass is 9.92. The molecule has 1 unspecified atom stereocenters. The summed E-state index contributed by atoms with van der Waals surface area (Å²) < 4.78 is 0. The molecule has 28 heavy (non-hydrogen) atoms. The molecule has 154 valence electrons. The molecule has 1 atom stereocenters. The van der Waals surface area contributed by atoms with Crippen LogP contribution in [0.2, 0.25) is 0 Å². The molecular weight excluding hydrogens is 374 g/mol. The van der Waals surface area contributed by atoms with Gasteiger partial charge in [-0.05, 0) is 74.9 Å². The molecule has 1 spiro atoms. The maximum Gasteiger partial charge on any atom is 0.253 e. The Labute approximate surface area is 174 Å². The quantitative estimate of drug-likeness (QED) is 0.799. The fourth-order valence-electron chi connectivity index (χ4n) is 4.96. The standard InChI is InChI=1S/C22H31N3O2.ClH/c1-25(18-5-3-2-4-6-18)21(27)16-7-9-17(10-8-16)24-20(26)19-15-22(19)11-13-23-14-12-22;/h7-10,18-19,23H,2-6,11-15H2,1H3,(H,24,26);1H. The Kier molecular flexibility index (Phi) is 6.66. The van der Waals surface area contributed by atoms with Crippen LogP contribution in [0, 0.1) is 11.3 Å². The van der Waals surface area contributed by atoms with Gasteiger partial charge in [-0.3, -0.25) is 9.59 Å². The van der Waals surface area contributed by atoms with Crippen molar-refractivity contribution in [1.29, 1.82) is 0 Å². The lowest BCUT2D eigenvalue weighted by molar-refractivity contribution is -0.118. The molecule has 4 rings (SSSR count). The summed E-state index contributed by atoms with van der Waals surface area (Å²) in [5.41, 5.74) is 1.73. The Morgan fingerprint density at radius 2 is 1.71 bits per heavy atom. The van der Waals surface area contributed by atoms with E-state index in [1.165, 1.54) is 19.3 Å². The van der Waals surface area contributed by atoms with Crippen molar-refractivity contribution >= 4 is 29.9 Å². The molecule has 1 saturated heterocycles. The Morgan fingerprint density at radius 3 is 2.36 bits per heavy atom. The summed E-state index contributed by atoms with van der Waals surface area (Å²) in [6, 6.07) is 7.76. The smallest absolute Gasteiger partial charge is 0.253 e. The van der Waals surface area contributed by atoms with Gasteiger partial charge in [0.25, 0.3) is 5.91 Å². The van der Waals surface area contributed by atoms with Gasteiger partial charge in [0.1, 0.15) is 0 Å². The minimum Gasteiger partial charge on any atom is -0.339 e. The number of carbonyl (C=O) groups is 2. The topological polar surface area (TPSA) is 61.4 Å². The van der Waals surface area contributed by atoms with Gasteiger partial charge < -0.3 is 15.5 Å². The molecule has 3 fully saturated rings. The third-order valence-electron chi connectivity index (χ3n) is 6.95. The maximum absolute atomic E-state index is 12.7. The molecule has 1 heterocycles. The maximum atomic E-state index is 12.7. The van der Waals surface area contributed by atoms with Crippen LogP contribution in [0.5, 0.6) is 0 Å². The number of anilines is 1. The van der Waals surface area contributed by atoms with E-state index in [9.17, 15) is 9.59 Å². The van der Waals surface area contributed by atoms with Crippen LogP contribution in [0.15, 0.2) is 24.3 Å². The molecule has 2 saturated carbocycles. The van der Waals surface area contributed by atoms with Crippen LogP contribution in [0.3, 0.4) is 0 Å². The van der Waals surface area contributed by atoms with Crippen molar-refractivity contribution in [1.82, 2.24) is 10.2 Å². The first-order chi connectivity index (χ1) is 13.1. The lowest BCUT2D eigenvalue weighted by Gasteiger charge is -2.31. The molecule has 0 aromatic heterocycles. The predicted molar refractivity (Wildman–Crippen MR) is 114 cm³/mol. The largest absolute Gasteiger partial charge is 0.339 e. The number of carbonyl (C=O) groups excluding carboxylic acids is 2. The van der Waals surface area contributed by atoms with Gasteiger partial charge in [0.15, 0.2) is 0 Å². The number of piperidine rings is 1. The summed E-state index contributed by atoms with van der Waals surface area (Å²) in [4.78, 5) is 27.2. The van der Waals surface area contributed by atoms with Gasteiger partial charge in [-0.15, -0.1) is 12.4 Å². The Morgan fingerprint density at radius 1 is 1.07 bits per heavy atom. The van der Waals surface area contributed by atoms with Crippen LogP contribution in [0.1, 0.15) is 61.7 Å². The monoisotopic (exact) mass is 405 g/mol. The number of hydrogen-bond acceptors (Lipinski definition) is 3. The van der Waals surface area contributed by atoms with Crippen molar-refractivity contribution in [2.75, 3.05) is 25.5 Å². The highest BCUT2D eigenvalue weighted by Crippen LogP contribution is 2.58. The van der Waals surface area contributed by atoms with E-state index in [4.69, 9.17) is 0 Å². The number of halogens is 1. The predicted octanol–water partition coefficient (Wildman–Crippen LogP) is 3.84. The molecule has 0 radical (unpaired) electrons. The van der Waals surface area contributed by atoms with Gasteiger partial charge >= 0.3 is 0 Å².